The second-order valence-corrected chi connectivity index (χ2v) is 6.96. The quantitative estimate of drug-likeness (QED) is 0.769. The standard InChI is InChI=1S/C19H17Cl2NO5/c1-24-14-6-3-11(9-15(14)25-2)10-22-17-13(21)5-4-12(20)16(17)19(18(22)23)26-7-8-27-19/h3-6,9H,7-8,10H2,1-2H3. The third-order valence-corrected chi connectivity index (χ3v) is 5.31. The Hall–Kier alpha value is -1.99. The first-order valence-corrected chi connectivity index (χ1v) is 9.06. The molecule has 2 aliphatic heterocycles. The van der Waals surface area contributed by atoms with Gasteiger partial charge in [-0.05, 0) is 29.8 Å². The fourth-order valence-corrected chi connectivity index (χ4v) is 4.03. The van der Waals surface area contributed by atoms with Crippen LogP contribution in [0.4, 0.5) is 5.69 Å². The van der Waals surface area contributed by atoms with Crippen molar-refractivity contribution in [1.29, 1.82) is 0 Å². The molecule has 6 nitrogen and oxygen atoms in total. The number of benzene rings is 2. The van der Waals surface area contributed by atoms with Crippen LogP contribution in [0.25, 0.3) is 0 Å². The highest BCUT2D eigenvalue weighted by Gasteiger charge is 2.58. The first kappa shape index (κ1) is 18.4. The van der Waals surface area contributed by atoms with Gasteiger partial charge < -0.3 is 23.8 Å². The van der Waals surface area contributed by atoms with Crippen LogP contribution < -0.4 is 14.4 Å². The van der Waals surface area contributed by atoms with Gasteiger partial charge in [0.05, 0.1) is 55.3 Å². The summed E-state index contributed by atoms with van der Waals surface area (Å²) in [6.07, 6.45) is 0. The van der Waals surface area contributed by atoms with Crippen molar-refractivity contribution >= 4 is 34.8 Å². The summed E-state index contributed by atoms with van der Waals surface area (Å²) in [5.41, 5.74) is 1.79. The van der Waals surface area contributed by atoms with E-state index in [-0.39, 0.29) is 12.5 Å². The van der Waals surface area contributed by atoms with E-state index < -0.39 is 5.79 Å². The van der Waals surface area contributed by atoms with Crippen molar-refractivity contribution in [2.75, 3.05) is 32.3 Å². The number of fused-ring (bicyclic) bond motifs is 2. The highest BCUT2D eigenvalue weighted by molar-refractivity contribution is 6.38. The molecule has 2 heterocycles. The molecule has 1 spiro atoms. The number of halogens is 2. The van der Waals surface area contributed by atoms with Crippen LogP contribution in [0.2, 0.25) is 10.0 Å². The van der Waals surface area contributed by atoms with E-state index >= 15 is 0 Å². The predicted molar refractivity (Wildman–Crippen MR) is 101 cm³/mol. The maximum atomic E-state index is 13.3. The van der Waals surface area contributed by atoms with Gasteiger partial charge in [0, 0.05) is 0 Å². The lowest BCUT2D eigenvalue weighted by Crippen LogP contribution is -2.41. The Labute approximate surface area is 166 Å². The maximum absolute atomic E-state index is 13.3. The van der Waals surface area contributed by atoms with E-state index in [9.17, 15) is 4.79 Å². The first-order chi connectivity index (χ1) is 13.0. The Balaban J connectivity index is 1.79. The Morgan fingerprint density at radius 1 is 1.04 bits per heavy atom. The molecule has 1 saturated heterocycles. The molecule has 0 aliphatic carbocycles. The molecule has 0 N–H and O–H groups in total. The fourth-order valence-electron chi connectivity index (χ4n) is 3.50. The second-order valence-electron chi connectivity index (χ2n) is 6.15. The zero-order valence-electron chi connectivity index (χ0n) is 14.8. The highest BCUT2D eigenvalue weighted by atomic mass is 35.5. The summed E-state index contributed by atoms with van der Waals surface area (Å²) >= 11 is 12.8. The van der Waals surface area contributed by atoms with Crippen molar-refractivity contribution in [3.63, 3.8) is 0 Å². The molecule has 0 unspecified atom stereocenters. The lowest BCUT2D eigenvalue weighted by molar-refractivity contribution is -0.180. The topological polar surface area (TPSA) is 57.2 Å². The van der Waals surface area contributed by atoms with Gasteiger partial charge >= 0.3 is 0 Å². The molecule has 142 valence electrons. The number of carbonyl (C=O) groups is 1. The number of anilines is 1. The molecule has 1 amide bonds. The summed E-state index contributed by atoms with van der Waals surface area (Å²) < 4.78 is 22.1. The van der Waals surface area contributed by atoms with Crippen LogP contribution in [0.5, 0.6) is 11.5 Å². The van der Waals surface area contributed by atoms with Gasteiger partial charge in [0.25, 0.3) is 11.7 Å². The number of methoxy groups -OCH3 is 2. The number of carbonyl (C=O) groups excluding carboxylic acids is 1. The minimum Gasteiger partial charge on any atom is -0.493 e. The average molecular weight is 410 g/mol. The number of nitrogens with zero attached hydrogens (tertiary/aromatic N) is 1. The van der Waals surface area contributed by atoms with Crippen LogP contribution in [-0.2, 0) is 26.6 Å². The van der Waals surface area contributed by atoms with Crippen LogP contribution in [0.15, 0.2) is 30.3 Å². The van der Waals surface area contributed by atoms with Gasteiger partial charge in [0.1, 0.15) is 0 Å². The van der Waals surface area contributed by atoms with Gasteiger partial charge in [0.15, 0.2) is 11.5 Å². The van der Waals surface area contributed by atoms with E-state index in [4.69, 9.17) is 42.1 Å². The zero-order valence-corrected chi connectivity index (χ0v) is 16.3. The number of ether oxygens (including phenoxy) is 4. The first-order valence-electron chi connectivity index (χ1n) is 8.31. The second kappa shape index (κ2) is 6.87. The van der Waals surface area contributed by atoms with Crippen LogP contribution in [-0.4, -0.2) is 33.3 Å². The van der Waals surface area contributed by atoms with Crippen molar-refractivity contribution in [3.05, 3.63) is 51.5 Å². The summed E-state index contributed by atoms with van der Waals surface area (Å²) in [6, 6.07) is 8.75. The van der Waals surface area contributed by atoms with E-state index in [0.717, 1.165) is 5.56 Å². The van der Waals surface area contributed by atoms with Crippen LogP contribution in [0.3, 0.4) is 0 Å². The van der Waals surface area contributed by atoms with Gasteiger partial charge in [-0.15, -0.1) is 0 Å². The molecule has 2 aliphatic rings. The van der Waals surface area contributed by atoms with Gasteiger partial charge in [0.2, 0.25) is 0 Å². The number of amides is 1. The minimum absolute atomic E-state index is 0.251. The highest BCUT2D eigenvalue weighted by Crippen LogP contribution is 2.52. The third-order valence-electron chi connectivity index (χ3n) is 4.69. The fraction of sp³-hybridized carbons (Fsp3) is 0.316. The number of rotatable bonds is 4. The summed E-state index contributed by atoms with van der Waals surface area (Å²) in [7, 11) is 3.13. The zero-order chi connectivity index (χ0) is 19.2. The van der Waals surface area contributed by atoms with E-state index in [1.54, 1.807) is 32.4 Å². The molecule has 2 aromatic carbocycles. The summed E-state index contributed by atoms with van der Waals surface area (Å²) in [5.74, 6) is -0.704. The molecule has 0 bridgehead atoms. The summed E-state index contributed by atoms with van der Waals surface area (Å²) in [6.45, 7) is 0.858. The van der Waals surface area contributed by atoms with Crippen LogP contribution >= 0.6 is 23.2 Å². The lowest BCUT2D eigenvalue weighted by atomic mass is 10.1. The molecular formula is C19H17Cl2NO5. The molecule has 0 atom stereocenters. The Morgan fingerprint density at radius 2 is 1.70 bits per heavy atom. The van der Waals surface area contributed by atoms with Gasteiger partial charge in [-0.1, -0.05) is 29.3 Å². The van der Waals surface area contributed by atoms with Crippen molar-refractivity contribution in [2.45, 2.75) is 12.3 Å². The van der Waals surface area contributed by atoms with E-state index in [0.29, 0.717) is 46.0 Å². The normalized spacial score (nSPS) is 17.5. The molecule has 1 fully saturated rings. The molecular weight excluding hydrogens is 393 g/mol. The van der Waals surface area contributed by atoms with Crippen LogP contribution in [0, 0.1) is 0 Å². The van der Waals surface area contributed by atoms with Crippen LogP contribution in [0.1, 0.15) is 11.1 Å². The largest absolute Gasteiger partial charge is 0.493 e. The molecule has 0 saturated carbocycles. The van der Waals surface area contributed by atoms with Crippen molar-refractivity contribution in [1.82, 2.24) is 0 Å². The third kappa shape index (κ3) is 2.75. The van der Waals surface area contributed by atoms with Crippen molar-refractivity contribution < 1.29 is 23.7 Å². The Bertz CT molecular complexity index is 911. The van der Waals surface area contributed by atoms with Crippen molar-refractivity contribution in [2.24, 2.45) is 0 Å². The van der Waals surface area contributed by atoms with Gasteiger partial charge in [-0.25, -0.2) is 0 Å². The Morgan fingerprint density at radius 3 is 2.37 bits per heavy atom. The van der Waals surface area contributed by atoms with E-state index in [2.05, 4.69) is 0 Å². The Kier molecular flexibility index (Phi) is 4.68. The SMILES string of the molecule is COc1ccc(CN2C(=O)C3(OCCO3)c3c(Cl)ccc(Cl)c32)cc1OC. The molecule has 27 heavy (non-hydrogen) atoms. The summed E-state index contributed by atoms with van der Waals surface area (Å²) in [5, 5.41) is 0.777. The number of hydrogen-bond acceptors (Lipinski definition) is 5. The minimum atomic E-state index is -1.53. The maximum Gasteiger partial charge on any atom is 0.292 e. The number of hydrogen-bond donors (Lipinski definition) is 0. The van der Waals surface area contributed by atoms with E-state index in [1.807, 2.05) is 12.1 Å². The average Bonchev–Trinajstić information content (AvgIpc) is 3.25. The van der Waals surface area contributed by atoms with E-state index in [1.165, 1.54) is 4.90 Å². The molecule has 0 aromatic heterocycles. The van der Waals surface area contributed by atoms with Gasteiger partial charge in [-0.3, -0.25) is 4.79 Å². The van der Waals surface area contributed by atoms with Crippen molar-refractivity contribution in [3.8, 4) is 11.5 Å². The monoisotopic (exact) mass is 409 g/mol. The lowest BCUT2D eigenvalue weighted by Gasteiger charge is -2.22. The summed E-state index contributed by atoms with van der Waals surface area (Å²) in [4.78, 5) is 14.8. The molecule has 0 radical (unpaired) electrons. The molecule has 8 heteroatoms. The van der Waals surface area contributed by atoms with Gasteiger partial charge in [-0.2, -0.15) is 0 Å². The molecule has 2 aromatic rings. The molecule has 4 rings (SSSR count). The smallest absolute Gasteiger partial charge is 0.292 e. The predicted octanol–water partition coefficient (Wildman–Crippen LogP) is 3.76.